The monoisotopic (exact) mass is 315 g/mol. The van der Waals surface area contributed by atoms with Crippen LogP contribution in [0.15, 0.2) is 24.3 Å². The molecule has 1 aromatic carbocycles. The molecule has 0 bridgehead atoms. The van der Waals surface area contributed by atoms with Crippen LogP contribution in [0.4, 0.5) is 0 Å². The van der Waals surface area contributed by atoms with Crippen LogP contribution in [0, 0.1) is 5.92 Å². The standard InChI is InChI=1S/C19H29N3O/c1-20-14-16-7-11-22(12-8-16)19(23)18-6-4-5-17(13-18)15-21-9-2-3-10-21/h4-6,13,16,20H,2-3,7-12,14-15H2,1H3. The second-order valence-electron chi connectivity index (χ2n) is 6.98. The van der Waals surface area contributed by atoms with Gasteiger partial charge < -0.3 is 10.2 Å². The highest BCUT2D eigenvalue weighted by atomic mass is 16.2. The Kier molecular flexibility index (Phi) is 5.68. The first-order valence-corrected chi connectivity index (χ1v) is 9.01. The van der Waals surface area contributed by atoms with Crippen LogP contribution in [0.1, 0.15) is 41.6 Å². The molecule has 0 saturated carbocycles. The fraction of sp³-hybridized carbons (Fsp3) is 0.632. The summed E-state index contributed by atoms with van der Waals surface area (Å²) in [7, 11) is 2.00. The lowest BCUT2D eigenvalue weighted by atomic mass is 9.96. The Hall–Kier alpha value is -1.39. The third kappa shape index (κ3) is 4.33. The third-order valence-electron chi connectivity index (χ3n) is 5.17. The van der Waals surface area contributed by atoms with E-state index in [2.05, 4.69) is 22.3 Å². The van der Waals surface area contributed by atoms with Gasteiger partial charge in [0.05, 0.1) is 0 Å². The van der Waals surface area contributed by atoms with Crippen molar-refractivity contribution < 1.29 is 4.79 Å². The molecule has 1 aromatic rings. The van der Waals surface area contributed by atoms with Gasteiger partial charge in [-0.15, -0.1) is 0 Å². The summed E-state index contributed by atoms with van der Waals surface area (Å²) in [6, 6.07) is 8.25. The number of carbonyl (C=O) groups excluding carboxylic acids is 1. The van der Waals surface area contributed by atoms with Crippen molar-refractivity contribution in [3.8, 4) is 0 Å². The lowest BCUT2D eigenvalue weighted by Gasteiger charge is -2.32. The number of hydrogen-bond acceptors (Lipinski definition) is 3. The van der Waals surface area contributed by atoms with Gasteiger partial charge in [-0.05, 0) is 76.0 Å². The van der Waals surface area contributed by atoms with Crippen LogP contribution in [0.25, 0.3) is 0 Å². The molecule has 1 amide bonds. The Balaban J connectivity index is 1.59. The second-order valence-corrected chi connectivity index (χ2v) is 6.98. The van der Waals surface area contributed by atoms with E-state index in [4.69, 9.17) is 0 Å². The summed E-state index contributed by atoms with van der Waals surface area (Å²) in [6.45, 7) is 6.20. The Morgan fingerprint density at radius 2 is 1.91 bits per heavy atom. The molecule has 23 heavy (non-hydrogen) atoms. The number of likely N-dealkylation sites (tertiary alicyclic amines) is 2. The summed E-state index contributed by atoms with van der Waals surface area (Å²) in [5, 5.41) is 3.25. The summed E-state index contributed by atoms with van der Waals surface area (Å²) >= 11 is 0. The number of amides is 1. The maximum absolute atomic E-state index is 12.8. The lowest BCUT2D eigenvalue weighted by molar-refractivity contribution is 0.0690. The van der Waals surface area contributed by atoms with Crippen molar-refractivity contribution >= 4 is 5.91 Å². The van der Waals surface area contributed by atoms with Crippen LogP contribution in [0.5, 0.6) is 0 Å². The predicted molar refractivity (Wildman–Crippen MR) is 93.5 cm³/mol. The van der Waals surface area contributed by atoms with Gasteiger partial charge in [0.15, 0.2) is 0 Å². The molecular formula is C19H29N3O. The summed E-state index contributed by atoms with van der Waals surface area (Å²) in [5.74, 6) is 0.918. The molecule has 2 saturated heterocycles. The third-order valence-corrected chi connectivity index (χ3v) is 5.17. The van der Waals surface area contributed by atoms with Crippen LogP contribution in [-0.4, -0.2) is 55.5 Å². The Morgan fingerprint density at radius 3 is 2.61 bits per heavy atom. The van der Waals surface area contributed by atoms with Crippen molar-refractivity contribution in [2.24, 2.45) is 5.92 Å². The van der Waals surface area contributed by atoms with Gasteiger partial charge in [-0.1, -0.05) is 12.1 Å². The van der Waals surface area contributed by atoms with E-state index in [1.54, 1.807) is 0 Å². The molecule has 3 rings (SSSR count). The number of hydrogen-bond donors (Lipinski definition) is 1. The van der Waals surface area contributed by atoms with Crippen LogP contribution in [0.2, 0.25) is 0 Å². The molecule has 0 radical (unpaired) electrons. The van der Waals surface area contributed by atoms with Crippen molar-refractivity contribution in [3.63, 3.8) is 0 Å². The topological polar surface area (TPSA) is 35.6 Å². The first-order chi connectivity index (χ1) is 11.3. The smallest absolute Gasteiger partial charge is 0.253 e. The lowest BCUT2D eigenvalue weighted by Crippen LogP contribution is -2.40. The highest BCUT2D eigenvalue weighted by molar-refractivity contribution is 5.94. The van der Waals surface area contributed by atoms with Gasteiger partial charge in [-0.25, -0.2) is 0 Å². The molecule has 0 aliphatic carbocycles. The average molecular weight is 315 g/mol. The first kappa shape index (κ1) is 16.5. The fourth-order valence-corrected chi connectivity index (χ4v) is 3.81. The zero-order chi connectivity index (χ0) is 16.1. The SMILES string of the molecule is CNCC1CCN(C(=O)c2cccc(CN3CCCC3)c2)CC1. The highest BCUT2D eigenvalue weighted by Gasteiger charge is 2.23. The van der Waals surface area contributed by atoms with E-state index >= 15 is 0 Å². The van der Waals surface area contributed by atoms with Gasteiger partial charge >= 0.3 is 0 Å². The fourth-order valence-electron chi connectivity index (χ4n) is 3.81. The number of nitrogens with one attached hydrogen (secondary N) is 1. The number of nitrogens with zero attached hydrogens (tertiary/aromatic N) is 2. The van der Waals surface area contributed by atoms with Crippen molar-refractivity contribution in [3.05, 3.63) is 35.4 Å². The minimum Gasteiger partial charge on any atom is -0.339 e. The van der Waals surface area contributed by atoms with Gasteiger partial charge in [0.25, 0.3) is 5.91 Å². The van der Waals surface area contributed by atoms with Crippen LogP contribution in [-0.2, 0) is 6.54 Å². The number of carbonyl (C=O) groups is 1. The molecule has 0 spiro atoms. The Morgan fingerprint density at radius 1 is 1.17 bits per heavy atom. The maximum Gasteiger partial charge on any atom is 0.253 e. The van der Waals surface area contributed by atoms with E-state index in [0.29, 0.717) is 5.92 Å². The summed E-state index contributed by atoms with van der Waals surface area (Å²) < 4.78 is 0. The van der Waals surface area contributed by atoms with Crippen molar-refractivity contribution in [1.82, 2.24) is 15.1 Å². The van der Waals surface area contributed by atoms with Crippen molar-refractivity contribution in [1.29, 1.82) is 0 Å². The summed E-state index contributed by atoms with van der Waals surface area (Å²) in [6.07, 6.45) is 4.83. The van der Waals surface area contributed by atoms with E-state index in [9.17, 15) is 4.79 Å². The van der Waals surface area contributed by atoms with E-state index in [1.165, 1.54) is 31.5 Å². The van der Waals surface area contributed by atoms with E-state index in [0.717, 1.165) is 44.6 Å². The van der Waals surface area contributed by atoms with Gasteiger partial charge in [0, 0.05) is 25.2 Å². The normalized spacial score (nSPS) is 20.1. The van der Waals surface area contributed by atoms with E-state index < -0.39 is 0 Å². The average Bonchev–Trinajstić information content (AvgIpc) is 3.08. The number of rotatable bonds is 5. The van der Waals surface area contributed by atoms with Crippen LogP contribution in [0.3, 0.4) is 0 Å². The molecule has 4 heteroatoms. The van der Waals surface area contributed by atoms with Gasteiger partial charge in [0.1, 0.15) is 0 Å². The second kappa shape index (κ2) is 7.93. The van der Waals surface area contributed by atoms with Gasteiger partial charge in [-0.3, -0.25) is 9.69 Å². The molecule has 2 heterocycles. The molecule has 2 aliphatic heterocycles. The highest BCUT2D eigenvalue weighted by Crippen LogP contribution is 2.20. The van der Waals surface area contributed by atoms with Crippen LogP contribution < -0.4 is 5.32 Å². The van der Waals surface area contributed by atoms with Gasteiger partial charge in [0.2, 0.25) is 0 Å². The zero-order valence-corrected chi connectivity index (χ0v) is 14.3. The molecule has 1 N–H and O–H groups in total. The van der Waals surface area contributed by atoms with Gasteiger partial charge in [-0.2, -0.15) is 0 Å². The molecule has 126 valence electrons. The quantitative estimate of drug-likeness (QED) is 0.906. The van der Waals surface area contributed by atoms with E-state index in [1.807, 2.05) is 24.1 Å². The molecule has 0 aromatic heterocycles. The zero-order valence-electron chi connectivity index (χ0n) is 14.3. The number of benzene rings is 1. The number of piperidine rings is 1. The minimum atomic E-state index is 0.205. The first-order valence-electron chi connectivity index (χ1n) is 9.01. The van der Waals surface area contributed by atoms with Crippen LogP contribution >= 0.6 is 0 Å². The Labute approximate surface area is 139 Å². The van der Waals surface area contributed by atoms with Crippen molar-refractivity contribution in [2.45, 2.75) is 32.2 Å². The minimum absolute atomic E-state index is 0.205. The van der Waals surface area contributed by atoms with Crippen molar-refractivity contribution in [2.75, 3.05) is 39.8 Å². The summed E-state index contributed by atoms with van der Waals surface area (Å²) in [5.41, 5.74) is 2.12. The molecule has 4 nitrogen and oxygen atoms in total. The van der Waals surface area contributed by atoms with E-state index in [-0.39, 0.29) is 5.91 Å². The molecular weight excluding hydrogens is 286 g/mol. The summed E-state index contributed by atoms with van der Waals surface area (Å²) in [4.78, 5) is 17.3. The molecule has 2 fully saturated rings. The largest absolute Gasteiger partial charge is 0.339 e. The maximum atomic E-state index is 12.8. The molecule has 2 aliphatic rings. The Bertz CT molecular complexity index is 517. The molecule has 0 unspecified atom stereocenters. The predicted octanol–water partition coefficient (Wildman–Crippen LogP) is 2.35. The molecule has 0 atom stereocenters.